The van der Waals surface area contributed by atoms with Gasteiger partial charge in [-0.2, -0.15) is 25.3 Å². The standard InChI is InChI=1S/C33H60O12S3/c1-28-31(25-40-19-13-7-10-16-22-43-46(4,34)35)29(2)33(27-42-21-15-9-12-18-24-45-48(6,38)39)30(3)32(28)26-41-20-14-8-11-17-23-44-47(5,36)37/h7-27H2,1-6H3. The molecule has 0 bridgehead atoms. The van der Waals surface area contributed by atoms with Gasteiger partial charge in [-0.25, -0.2) is 0 Å². The van der Waals surface area contributed by atoms with Crippen LogP contribution in [0.1, 0.15) is 110 Å². The highest BCUT2D eigenvalue weighted by Gasteiger charge is 2.18. The molecule has 15 heteroatoms. The molecule has 0 radical (unpaired) electrons. The van der Waals surface area contributed by atoms with Gasteiger partial charge < -0.3 is 14.2 Å². The first-order valence-corrected chi connectivity index (χ1v) is 22.3. The van der Waals surface area contributed by atoms with Gasteiger partial charge in [0.15, 0.2) is 0 Å². The summed E-state index contributed by atoms with van der Waals surface area (Å²) in [5.74, 6) is 0. The smallest absolute Gasteiger partial charge is 0.264 e. The van der Waals surface area contributed by atoms with Crippen LogP contribution in [0.4, 0.5) is 0 Å². The van der Waals surface area contributed by atoms with E-state index in [0.29, 0.717) is 58.9 Å². The van der Waals surface area contributed by atoms with Gasteiger partial charge in [0.05, 0.1) is 58.4 Å². The van der Waals surface area contributed by atoms with Gasteiger partial charge in [-0.05, 0) is 92.7 Å². The molecule has 0 spiro atoms. The molecule has 0 aliphatic carbocycles. The van der Waals surface area contributed by atoms with Crippen LogP contribution in [0.3, 0.4) is 0 Å². The Balaban J connectivity index is 2.70. The zero-order valence-electron chi connectivity index (χ0n) is 30.0. The van der Waals surface area contributed by atoms with E-state index in [0.717, 1.165) is 110 Å². The van der Waals surface area contributed by atoms with Crippen LogP contribution >= 0.6 is 0 Å². The molecule has 282 valence electrons. The van der Waals surface area contributed by atoms with E-state index in [1.807, 2.05) is 0 Å². The monoisotopic (exact) mass is 744 g/mol. The summed E-state index contributed by atoms with van der Waals surface area (Å²) in [7, 11) is -10.2. The van der Waals surface area contributed by atoms with E-state index in [9.17, 15) is 25.3 Å². The van der Waals surface area contributed by atoms with Crippen LogP contribution in [0.5, 0.6) is 0 Å². The van der Waals surface area contributed by atoms with Crippen LogP contribution in [-0.4, -0.2) is 83.7 Å². The van der Waals surface area contributed by atoms with Crippen molar-refractivity contribution in [2.24, 2.45) is 0 Å². The van der Waals surface area contributed by atoms with Gasteiger partial charge >= 0.3 is 0 Å². The summed E-state index contributed by atoms with van der Waals surface area (Å²) < 4.78 is 99.2. The summed E-state index contributed by atoms with van der Waals surface area (Å²) in [6.07, 6.45) is 13.2. The van der Waals surface area contributed by atoms with Gasteiger partial charge in [-0.15, -0.1) is 0 Å². The molecular weight excluding hydrogens is 685 g/mol. The highest BCUT2D eigenvalue weighted by molar-refractivity contribution is 7.86. The quantitative estimate of drug-likeness (QED) is 0.0693. The minimum atomic E-state index is -3.39. The Kier molecular flexibility index (Phi) is 22.5. The van der Waals surface area contributed by atoms with Crippen molar-refractivity contribution in [3.63, 3.8) is 0 Å². The lowest BCUT2D eigenvalue weighted by Gasteiger charge is -2.23. The van der Waals surface area contributed by atoms with Crippen LogP contribution in [-0.2, 0) is 76.9 Å². The van der Waals surface area contributed by atoms with E-state index >= 15 is 0 Å². The van der Waals surface area contributed by atoms with E-state index in [1.165, 1.54) is 0 Å². The topological polar surface area (TPSA) is 158 Å². The van der Waals surface area contributed by atoms with Crippen molar-refractivity contribution in [1.82, 2.24) is 0 Å². The van der Waals surface area contributed by atoms with Crippen molar-refractivity contribution in [2.75, 3.05) is 58.4 Å². The normalized spacial score (nSPS) is 12.6. The lowest BCUT2D eigenvalue weighted by Crippen LogP contribution is -2.12. The number of unbranched alkanes of at least 4 members (excludes halogenated alkanes) is 9. The number of hydrogen-bond donors (Lipinski definition) is 0. The summed E-state index contributed by atoms with van der Waals surface area (Å²) in [6.45, 7) is 10.2. The number of hydrogen-bond acceptors (Lipinski definition) is 12. The molecule has 0 atom stereocenters. The minimum Gasteiger partial charge on any atom is -0.377 e. The molecule has 48 heavy (non-hydrogen) atoms. The van der Waals surface area contributed by atoms with E-state index in [2.05, 4.69) is 20.8 Å². The van der Waals surface area contributed by atoms with E-state index in [4.69, 9.17) is 26.8 Å². The first-order valence-electron chi connectivity index (χ1n) is 16.9. The second-order valence-electron chi connectivity index (χ2n) is 12.3. The molecule has 12 nitrogen and oxygen atoms in total. The maximum absolute atomic E-state index is 11.1. The first-order chi connectivity index (χ1) is 22.5. The largest absolute Gasteiger partial charge is 0.377 e. The van der Waals surface area contributed by atoms with Gasteiger partial charge in [-0.3, -0.25) is 12.5 Å². The highest BCUT2D eigenvalue weighted by atomic mass is 32.2. The fraction of sp³-hybridized carbons (Fsp3) is 0.818. The maximum atomic E-state index is 11.1. The van der Waals surface area contributed by atoms with Crippen LogP contribution in [0.15, 0.2) is 0 Å². The molecule has 0 unspecified atom stereocenters. The van der Waals surface area contributed by atoms with E-state index < -0.39 is 30.4 Å². The Bertz CT molecular complexity index is 1190. The SMILES string of the molecule is Cc1c(COCCCCCCOS(C)(=O)=O)c(C)c(COCCCCCCOS(C)(=O)=O)c(C)c1COCCCCCCOS(C)(=O)=O. The molecule has 0 aliphatic heterocycles. The minimum absolute atomic E-state index is 0.206. The van der Waals surface area contributed by atoms with Crippen molar-refractivity contribution < 1.29 is 52.0 Å². The van der Waals surface area contributed by atoms with Crippen molar-refractivity contribution in [1.29, 1.82) is 0 Å². The van der Waals surface area contributed by atoms with Crippen molar-refractivity contribution in [3.8, 4) is 0 Å². The molecule has 0 amide bonds. The lowest BCUT2D eigenvalue weighted by molar-refractivity contribution is 0.107. The second kappa shape index (κ2) is 24.1. The van der Waals surface area contributed by atoms with Gasteiger partial charge in [0.25, 0.3) is 30.4 Å². The Hall–Kier alpha value is -1.17. The Labute approximate surface area is 290 Å². The molecule has 0 N–H and O–H groups in total. The van der Waals surface area contributed by atoms with Gasteiger partial charge in [0.1, 0.15) is 0 Å². The van der Waals surface area contributed by atoms with Gasteiger partial charge in [-0.1, -0.05) is 38.5 Å². The molecule has 0 saturated heterocycles. The predicted octanol–water partition coefficient (Wildman–Crippen LogP) is 5.77. The molecule has 0 fully saturated rings. The summed E-state index contributed by atoms with van der Waals surface area (Å²) in [5, 5.41) is 0. The Morgan fingerprint density at radius 3 is 0.771 bits per heavy atom. The molecule has 1 aromatic carbocycles. The second-order valence-corrected chi connectivity index (χ2v) is 17.2. The maximum Gasteiger partial charge on any atom is 0.264 e. The van der Waals surface area contributed by atoms with Crippen LogP contribution < -0.4 is 0 Å². The van der Waals surface area contributed by atoms with Crippen LogP contribution in [0.25, 0.3) is 0 Å². The average Bonchev–Trinajstić information content (AvgIpc) is 2.97. The summed E-state index contributed by atoms with van der Waals surface area (Å²) >= 11 is 0. The predicted molar refractivity (Wildman–Crippen MR) is 187 cm³/mol. The average molecular weight is 745 g/mol. The molecule has 0 saturated carbocycles. The van der Waals surface area contributed by atoms with E-state index in [1.54, 1.807) is 0 Å². The third kappa shape index (κ3) is 22.5. The third-order valence-corrected chi connectivity index (χ3v) is 9.68. The fourth-order valence-electron chi connectivity index (χ4n) is 5.17. The van der Waals surface area contributed by atoms with Crippen LogP contribution in [0.2, 0.25) is 0 Å². The molecule has 0 aromatic heterocycles. The Morgan fingerprint density at radius 2 is 0.562 bits per heavy atom. The van der Waals surface area contributed by atoms with E-state index in [-0.39, 0.29) is 19.8 Å². The molecule has 1 aromatic rings. The van der Waals surface area contributed by atoms with Crippen molar-refractivity contribution in [3.05, 3.63) is 33.4 Å². The highest BCUT2D eigenvalue weighted by Crippen LogP contribution is 2.29. The zero-order chi connectivity index (χ0) is 36.1. The van der Waals surface area contributed by atoms with Crippen LogP contribution in [0, 0.1) is 20.8 Å². The summed E-state index contributed by atoms with van der Waals surface area (Å²) in [6, 6.07) is 0. The fourth-order valence-corrected chi connectivity index (χ4v) is 6.43. The first kappa shape index (κ1) is 44.9. The molecule has 0 heterocycles. The van der Waals surface area contributed by atoms with Crippen molar-refractivity contribution in [2.45, 2.75) is 118 Å². The molecular formula is C33H60O12S3. The van der Waals surface area contributed by atoms with Crippen molar-refractivity contribution >= 4 is 30.4 Å². The third-order valence-electron chi connectivity index (χ3n) is 7.90. The number of benzene rings is 1. The summed E-state index contributed by atoms with van der Waals surface area (Å²) in [4.78, 5) is 0. The summed E-state index contributed by atoms with van der Waals surface area (Å²) in [5.41, 5.74) is 6.87. The molecule has 0 aliphatic rings. The van der Waals surface area contributed by atoms with Gasteiger partial charge in [0.2, 0.25) is 0 Å². The Morgan fingerprint density at radius 1 is 0.354 bits per heavy atom. The number of rotatable bonds is 30. The molecule has 1 rings (SSSR count). The number of ether oxygens (including phenoxy) is 3. The zero-order valence-corrected chi connectivity index (χ0v) is 32.4. The lowest BCUT2D eigenvalue weighted by atomic mass is 9.89. The van der Waals surface area contributed by atoms with Gasteiger partial charge in [0, 0.05) is 19.8 Å².